The van der Waals surface area contributed by atoms with E-state index in [1.807, 2.05) is 0 Å². The van der Waals surface area contributed by atoms with Gasteiger partial charge in [-0.3, -0.25) is 4.79 Å². The normalized spacial score (nSPS) is 47.7. The number of carbonyl (C=O) groups is 2. The number of amides is 3. The molecule has 7 heteroatoms. The second-order valence-corrected chi connectivity index (χ2v) is 17.6. The Morgan fingerprint density at radius 3 is 2.38 bits per heavy atom. The number of rotatable bonds is 5. The zero-order chi connectivity index (χ0) is 31.6. The lowest BCUT2D eigenvalue weighted by Crippen LogP contribution is -2.57. The summed E-state index contributed by atoms with van der Waals surface area (Å²) in [5.74, 6) is 4.51. The van der Waals surface area contributed by atoms with Gasteiger partial charge in [-0.25, -0.2) is 4.79 Å². The second-order valence-electron chi connectivity index (χ2n) is 17.6. The molecule has 254 valence electrons. The van der Waals surface area contributed by atoms with Crippen molar-refractivity contribution >= 4 is 11.9 Å². The molecule has 2 aliphatic heterocycles. The molecule has 2 saturated heterocycles. The third-order valence-electron chi connectivity index (χ3n) is 15.3. The first-order valence-corrected chi connectivity index (χ1v) is 19.2. The molecule has 0 bridgehead atoms. The molecule has 2 N–H and O–H groups in total. The summed E-state index contributed by atoms with van der Waals surface area (Å²) < 4.78 is 13.6. The van der Waals surface area contributed by atoms with Crippen LogP contribution in [-0.4, -0.2) is 60.5 Å². The Morgan fingerprint density at radius 1 is 0.867 bits per heavy atom. The van der Waals surface area contributed by atoms with Crippen molar-refractivity contribution in [1.29, 1.82) is 0 Å². The van der Waals surface area contributed by atoms with Crippen LogP contribution in [0.1, 0.15) is 131 Å². The topological polar surface area (TPSA) is 79.9 Å². The highest BCUT2D eigenvalue weighted by molar-refractivity contribution is 5.75. The molecular formula is C38H63N3O4. The maximum Gasteiger partial charge on any atom is 0.317 e. The molecule has 2 heterocycles. The molecule has 1 spiro atoms. The van der Waals surface area contributed by atoms with Crippen LogP contribution < -0.4 is 10.6 Å². The van der Waals surface area contributed by atoms with E-state index in [9.17, 15) is 9.59 Å². The monoisotopic (exact) mass is 625 g/mol. The van der Waals surface area contributed by atoms with Gasteiger partial charge in [0.25, 0.3) is 0 Å². The molecule has 0 radical (unpaired) electrons. The number of nitrogens with one attached hydrogen (secondary N) is 2. The SMILES string of the molecule is CC(=O)NCCN(C(=O)N[C@@H]1CC[C@@]2(C)[C@H](CC[C@@H]3[C@@H]2CC[C@]2(C)[C@@H]4[C@H](C[C@@H]32)O[C@]2(CC[C@H](C)CO2)[C@H]4C)C1)C1CCCCC1. The van der Waals surface area contributed by atoms with Crippen molar-refractivity contribution in [2.24, 2.45) is 52.3 Å². The van der Waals surface area contributed by atoms with Crippen molar-refractivity contribution in [1.82, 2.24) is 15.5 Å². The van der Waals surface area contributed by atoms with E-state index in [1.165, 1.54) is 64.2 Å². The van der Waals surface area contributed by atoms with Crippen LogP contribution in [0, 0.1) is 52.3 Å². The second kappa shape index (κ2) is 12.3. The van der Waals surface area contributed by atoms with Gasteiger partial charge in [0.15, 0.2) is 5.79 Å². The minimum atomic E-state index is -0.324. The molecule has 7 rings (SSSR count). The molecule has 0 aromatic rings. The Kier molecular flexibility index (Phi) is 8.79. The zero-order valence-corrected chi connectivity index (χ0v) is 29.1. The van der Waals surface area contributed by atoms with Gasteiger partial charge in [-0.1, -0.05) is 47.0 Å². The Balaban J connectivity index is 0.993. The lowest BCUT2D eigenvalue weighted by molar-refractivity contribution is -0.273. The standard InChI is InChI=1S/C38H63N3O4/c1-24-13-18-38(44-23-24)25(2)34-33(45-38)22-32-30-12-11-27-21-28(14-16-36(27,4)31(30)15-17-37(32,34)5)40-35(43)41(20-19-39-26(3)42)29-9-7-6-8-10-29/h24-25,27-34H,6-23H2,1-5H3,(H,39,42)(H,40,43)/t24-,25-,27+,28+,30+,31-,32-,33-,34-,36-,37-,38+/m0/s1. The Hall–Kier alpha value is -1.34. The van der Waals surface area contributed by atoms with E-state index in [0.717, 1.165) is 56.5 Å². The molecule has 5 saturated carbocycles. The molecule has 5 aliphatic carbocycles. The van der Waals surface area contributed by atoms with Gasteiger partial charge in [-0.15, -0.1) is 0 Å². The Morgan fingerprint density at radius 2 is 1.64 bits per heavy atom. The Labute approximate surface area is 273 Å². The van der Waals surface area contributed by atoms with E-state index >= 15 is 0 Å². The van der Waals surface area contributed by atoms with Crippen LogP contribution in [0.15, 0.2) is 0 Å². The summed E-state index contributed by atoms with van der Waals surface area (Å²) in [7, 11) is 0. The van der Waals surface area contributed by atoms with Crippen molar-refractivity contribution < 1.29 is 19.1 Å². The summed E-state index contributed by atoms with van der Waals surface area (Å²) in [6, 6.07) is 0.667. The Bertz CT molecular complexity index is 1100. The quantitative estimate of drug-likeness (QED) is 0.337. The maximum atomic E-state index is 13.7. The molecule has 7 nitrogen and oxygen atoms in total. The summed E-state index contributed by atoms with van der Waals surface area (Å²) in [4.78, 5) is 27.3. The molecule has 7 aliphatic rings. The first-order valence-electron chi connectivity index (χ1n) is 19.2. The fourth-order valence-electron chi connectivity index (χ4n) is 12.9. The largest absolute Gasteiger partial charge is 0.355 e. The van der Waals surface area contributed by atoms with E-state index in [1.54, 1.807) is 6.92 Å². The van der Waals surface area contributed by atoms with Crippen LogP contribution in [0.5, 0.6) is 0 Å². The van der Waals surface area contributed by atoms with E-state index in [-0.39, 0.29) is 23.8 Å². The fourth-order valence-corrected chi connectivity index (χ4v) is 12.9. The third-order valence-corrected chi connectivity index (χ3v) is 15.3. The van der Waals surface area contributed by atoms with E-state index < -0.39 is 0 Å². The van der Waals surface area contributed by atoms with Gasteiger partial charge in [-0.2, -0.15) is 0 Å². The highest BCUT2D eigenvalue weighted by atomic mass is 16.7. The summed E-state index contributed by atoms with van der Waals surface area (Å²) in [6.45, 7) is 13.6. The maximum absolute atomic E-state index is 13.7. The van der Waals surface area contributed by atoms with Crippen LogP contribution in [0.25, 0.3) is 0 Å². The van der Waals surface area contributed by atoms with Crippen molar-refractivity contribution in [3.8, 4) is 0 Å². The number of urea groups is 1. The molecule has 3 amide bonds. The third kappa shape index (κ3) is 5.56. The minimum Gasteiger partial charge on any atom is -0.355 e. The van der Waals surface area contributed by atoms with E-state index in [2.05, 4.69) is 43.2 Å². The van der Waals surface area contributed by atoms with Gasteiger partial charge in [0.2, 0.25) is 5.91 Å². The predicted molar refractivity (Wildman–Crippen MR) is 176 cm³/mol. The van der Waals surface area contributed by atoms with Crippen molar-refractivity contribution in [2.75, 3.05) is 19.7 Å². The summed E-state index contributed by atoms with van der Waals surface area (Å²) >= 11 is 0. The molecule has 0 unspecified atom stereocenters. The van der Waals surface area contributed by atoms with Crippen LogP contribution in [0.2, 0.25) is 0 Å². The molecule has 12 atom stereocenters. The van der Waals surface area contributed by atoms with Gasteiger partial charge in [0.05, 0.1) is 12.7 Å². The smallest absolute Gasteiger partial charge is 0.317 e. The highest BCUT2D eigenvalue weighted by Crippen LogP contribution is 2.71. The van der Waals surface area contributed by atoms with Crippen LogP contribution in [0.4, 0.5) is 4.79 Å². The molecule has 0 aromatic carbocycles. The van der Waals surface area contributed by atoms with Crippen molar-refractivity contribution in [3.63, 3.8) is 0 Å². The van der Waals surface area contributed by atoms with Crippen molar-refractivity contribution in [3.05, 3.63) is 0 Å². The van der Waals surface area contributed by atoms with Gasteiger partial charge >= 0.3 is 6.03 Å². The average molecular weight is 626 g/mol. The first-order chi connectivity index (χ1) is 21.5. The number of hydrogen-bond donors (Lipinski definition) is 2. The molecule has 45 heavy (non-hydrogen) atoms. The van der Waals surface area contributed by atoms with Crippen molar-refractivity contribution in [2.45, 2.75) is 155 Å². The number of ether oxygens (including phenoxy) is 2. The summed E-state index contributed by atoms with van der Waals surface area (Å²) in [5.41, 5.74) is 0.753. The number of carbonyl (C=O) groups excluding carboxylic acids is 2. The average Bonchev–Trinajstić information content (AvgIpc) is 3.46. The zero-order valence-electron chi connectivity index (χ0n) is 29.1. The number of nitrogens with zero attached hydrogens (tertiary/aromatic N) is 1. The fraction of sp³-hybridized carbons (Fsp3) is 0.947. The minimum absolute atomic E-state index is 0.0242. The molecule has 7 fully saturated rings. The van der Waals surface area contributed by atoms with Gasteiger partial charge in [0, 0.05) is 44.4 Å². The number of hydrogen-bond acceptors (Lipinski definition) is 4. The van der Waals surface area contributed by atoms with E-state index in [0.29, 0.717) is 59.7 Å². The van der Waals surface area contributed by atoms with Gasteiger partial charge in [0.1, 0.15) is 0 Å². The lowest BCUT2D eigenvalue weighted by atomic mass is 9.44. The van der Waals surface area contributed by atoms with Crippen LogP contribution in [-0.2, 0) is 14.3 Å². The predicted octanol–water partition coefficient (Wildman–Crippen LogP) is 7.28. The first kappa shape index (κ1) is 32.2. The van der Waals surface area contributed by atoms with Crippen LogP contribution >= 0.6 is 0 Å². The van der Waals surface area contributed by atoms with Crippen LogP contribution in [0.3, 0.4) is 0 Å². The summed E-state index contributed by atoms with van der Waals surface area (Å²) in [5, 5.41) is 6.45. The lowest BCUT2D eigenvalue weighted by Gasteiger charge is -2.61. The molecular weight excluding hydrogens is 562 g/mol. The van der Waals surface area contributed by atoms with Gasteiger partial charge < -0.3 is 25.0 Å². The van der Waals surface area contributed by atoms with Gasteiger partial charge in [-0.05, 0) is 117 Å². The van der Waals surface area contributed by atoms with E-state index in [4.69, 9.17) is 9.47 Å². The highest BCUT2D eigenvalue weighted by Gasteiger charge is 2.69. The summed E-state index contributed by atoms with van der Waals surface area (Å²) in [6.07, 6.45) is 18.6. The molecule has 0 aromatic heterocycles. The number of fused-ring (bicyclic) bond motifs is 7.